The Hall–Kier alpha value is -1.83. The van der Waals surface area contributed by atoms with Gasteiger partial charge in [-0.25, -0.2) is 8.78 Å². The summed E-state index contributed by atoms with van der Waals surface area (Å²) in [5.74, 6) is -0.607. The number of aliphatic hydroxyl groups is 1. The third kappa shape index (κ3) is 5.87. The lowest BCUT2D eigenvalue weighted by molar-refractivity contribution is -0.121. The van der Waals surface area contributed by atoms with E-state index in [9.17, 15) is 22.4 Å². The Balaban J connectivity index is 2.42. The Labute approximate surface area is 112 Å². The van der Waals surface area contributed by atoms with Crippen molar-refractivity contribution in [3.05, 3.63) is 29.8 Å². The Morgan fingerprint density at radius 3 is 2.30 bits per heavy atom. The number of alkyl halides is 4. The highest BCUT2D eigenvalue weighted by Gasteiger charge is 2.17. The van der Waals surface area contributed by atoms with E-state index in [1.165, 1.54) is 24.3 Å². The fourth-order valence-electron chi connectivity index (χ4n) is 1.34. The number of amides is 1. The highest BCUT2D eigenvalue weighted by molar-refractivity contribution is 5.78. The highest BCUT2D eigenvalue weighted by atomic mass is 19.3. The predicted octanol–water partition coefficient (Wildman–Crippen LogP) is 1.57. The monoisotopic (exact) mass is 295 g/mol. The van der Waals surface area contributed by atoms with Gasteiger partial charge in [0.2, 0.25) is 5.91 Å². The first-order chi connectivity index (χ1) is 9.38. The Bertz CT molecular complexity index is 425. The molecular weight excluding hydrogens is 282 g/mol. The summed E-state index contributed by atoms with van der Waals surface area (Å²) in [6, 6.07) is 5.34. The maximum atomic E-state index is 12.0. The summed E-state index contributed by atoms with van der Waals surface area (Å²) in [7, 11) is 0. The van der Waals surface area contributed by atoms with Gasteiger partial charge in [-0.3, -0.25) is 4.79 Å². The normalized spacial score (nSPS) is 12.6. The van der Waals surface area contributed by atoms with Gasteiger partial charge in [-0.1, -0.05) is 12.1 Å². The SMILES string of the molecule is O=C(Cc1ccc(OC(F)F)cc1)NCC(O)C(F)F. The van der Waals surface area contributed by atoms with Crippen molar-refractivity contribution in [2.75, 3.05) is 6.54 Å². The Morgan fingerprint density at radius 1 is 1.20 bits per heavy atom. The molecule has 0 aliphatic heterocycles. The van der Waals surface area contributed by atoms with Crippen molar-refractivity contribution in [1.29, 1.82) is 0 Å². The van der Waals surface area contributed by atoms with Crippen LogP contribution in [0.25, 0.3) is 0 Å². The van der Waals surface area contributed by atoms with Gasteiger partial charge in [0.15, 0.2) is 0 Å². The summed E-state index contributed by atoms with van der Waals surface area (Å²) in [4.78, 5) is 11.4. The van der Waals surface area contributed by atoms with E-state index in [-0.39, 0.29) is 12.2 Å². The first-order valence-corrected chi connectivity index (χ1v) is 5.65. The van der Waals surface area contributed by atoms with Gasteiger partial charge in [0.05, 0.1) is 6.42 Å². The molecule has 1 amide bonds. The summed E-state index contributed by atoms with van der Waals surface area (Å²) in [6.07, 6.45) is -4.97. The first kappa shape index (κ1) is 16.2. The molecule has 4 nitrogen and oxygen atoms in total. The van der Waals surface area contributed by atoms with Gasteiger partial charge in [-0.15, -0.1) is 0 Å². The average Bonchev–Trinajstić information content (AvgIpc) is 2.37. The van der Waals surface area contributed by atoms with Crippen molar-refractivity contribution in [3.8, 4) is 5.75 Å². The van der Waals surface area contributed by atoms with Crippen LogP contribution in [0.1, 0.15) is 5.56 Å². The number of benzene rings is 1. The molecule has 0 aromatic heterocycles. The second kappa shape index (κ2) is 7.68. The van der Waals surface area contributed by atoms with Crippen LogP contribution in [0.3, 0.4) is 0 Å². The van der Waals surface area contributed by atoms with Crippen LogP contribution < -0.4 is 10.1 Å². The zero-order chi connectivity index (χ0) is 15.1. The van der Waals surface area contributed by atoms with Gasteiger partial charge >= 0.3 is 6.61 Å². The van der Waals surface area contributed by atoms with Crippen molar-refractivity contribution in [2.24, 2.45) is 0 Å². The van der Waals surface area contributed by atoms with Gasteiger partial charge in [0.1, 0.15) is 11.9 Å². The molecule has 0 saturated heterocycles. The topological polar surface area (TPSA) is 58.6 Å². The lowest BCUT2D eigenvalue weighted by atomic mass is 10.1. The summed E-state index contributed by atoms with van der Waals surface area (Å²) >= 11 is 0. The van der Waals surface area contributed by atoms with Gasteiger partial charge in [-0.05, 0) is 17.7 Å². The van der Waals surface area contributed by atoms with Crippen LogP contribution in [0.5, 0.6) is 5.75 Å². The molecule has 0 radical (unpaired) electrons. The first-order valence-electron chi connectivity index (χ1n) is 5.65. The van der Waals surface area contributed by atoms with Crippen LogP contribution in [-0.4, -0.2) is 36.7 Å². The average molecular weight is 295 g/mol. The fraction of sp³-hybridized carbons (Fsp3) is 0.417. The predicted molar refractivity (Wildman–Crippen MR) is 61.8 cm³/mol. The third-order valence-electron chi connectivity index (χ3n) is 2.31. The second-order valence-corrected chi connectivity index (χ2v) is 3.91. The van der Waals surface area contributed by atoms with Crippen LogP contribution in [0.4, 0.5) is 17.6 Å². The molecule has 1 atom stereocenters. The van der Waals surface area contributed by atoms with E-state index in [2.05, 4.69) is 10.1 Å². The second-order valence-electron chi connectivity index (χ2n) is 3.91. The van der Waals surface area contributed by atoms with Crippen LogP contribution in [0, 0.1) is 0 Å². The number of carbonyl (C=O) groups is 1. The van der Waals surface area contributed by atoms with Crippen LogP contribution in [0.2, 0.25) is 0 Å². The number of ether oxygens (including phenoxy) is 1. The largest absolute Gasteiger partial charge is 0.435 e. The molecule has 0 bridgehead atoms. The van der Waals surface area contributed by atoms with Crippen molar-refractivity contribution >= 4 is 5.91 Å². The number of halogens is 4. The van der Waals surface area contributed by atoms with Crippen LogP contribution in [0.15, 0.2) is 24.3 Å². The molecule has 1 aromatic carbocycles. The molecule has 0 saturated carbocycles. The number of aliphatic hydroxyl groups excluding tert-OH is 1. The van der Waals surface area contributed by atoms with Crippen molar-refractivity contribution in [1.82, 2.24) is 5.32 Å². The molecule has 0 heterocycles. The minimum absolute atomic E-state index is 0.0442. The van der Waals surface area contributed by atoms with Gasteiger partial charge in [-0.2, -0.15) is 8.78 Å². The van der Waals surface area contributed by atoms with Crippen molar-refractivity contribution in [3.63, 3.8) is 0 Å². The number of carbonyl (C=O) groups excluding carboxylic acids is 1. The molecule has 112 valence electrons. The molecule has 1 unspecified atom stereocenters. The Morgan fingerprint density at radius 2 is 1.80 bits per heavy atom. The zero-order valence-electron chi connectivity index (χ0n) is 10.2. The van der Waals surface area contributed by atoms with Crippen molar-refractivity contribution in [2.45, 2.75) is 25.6 Å². The van der Waals surface area contributed by atoms with Crippen LogP contribution in [-0.2, 0) is 11.2 Å². The smallest absolute Gasteiger partial charge is 0.387 e. The van der Waals surface area contributed by atoms with Gasteiger partial charge < -0.3 is 15.2 Å². The molecule has 2 N–H and O–H groups in total. The van der Waals surface area contributed by atoms with E-state index in [1.54, 1.807) is 0 Å². The number of nitrogens with one attached hydrogen (secondary N) is 1. The molecule has 1 aromatic rings. The highest BCUT2D eigenvalue weighted by Crippen LogP contribution is 2.15. The van der Waals surface area contributed by atoms with E-state index in [0.717, 1.165) is 0 Å². The van der Waals surface area contributed by atoms with E-state index in [1.807, 2.05) is 0 Å². The summed E-state index contributed by atoms with van der Waals surface area (Å²) in [5.41, 5.74) is 0.496. The lowest BCUT2D eigenvalue weighted by Crippen LogP contribution is -2.36. The van der Waals surface area contributed by atoms with Crippen molar-refractivity contribution < 1.29 is 32.2 Å². The van der Waals surface area contributed by atoms with Crippen LogP contribution >= 0.6 is 0 Å². The molecule has 8 heteroatoms. The van der Waals surface area contributed by atoms with E-state index in [4.69, 9.17) is 5.11 Å². The standard InChI is InChI=1S/C12H13F4NO3/c13-11(14)9(18)6-17-10(19)5-7-1-3-8(4-2-7)20-12(15)16/h1-4,9,11-12,18H,5-6H2,(H,17,19). The molecule has 0 aliphatic carbocycles. The zero-order valence-corrected chi connectivity index (χ0v) is 10.2. The quantitative estimate of drug-likeness (QED) is 0.751. The minimum Gasteiger partial charge on any atom is -0.435 e. The maximum absolute atomic E-state index is 12.0. The Kier molecular flexibility index (Phi) is 6.23. The van der Waals surface area contributed by atoms with Gasteiger partial charge in [0.25, 0.3) is 6.43 Å². The van der Waals surface area contributed by atoms with E-state index >= 15 is 0 Å². The minimum atomic E-state index is -2.93. The number of hydrogen-bond acceptors (Lipinski definition) is 3. The maximum Gasteiger partial charge on any atom is 0.387 e. The van der Waals surface area contributed by atoms with Gasteiger partial charge in [0, 0.05) is 6.54 Å². The summed E-state index contributed by atoms with van der Waals surface area (Å²) < 4.78 is 51.9. The molecule has 0 fully saturated rings. The molecule has 0 spiro atoms. The fourth-order valence-corrected chi connectivity index (χ4v) is 1.34. The molecule has 0 aliphatic rings. The molecular formula is C12H13F4NO3. The molecule has 20 heavy (non-hydrogen) atoms. The molecule has 1 rings (SSSR count). The third-order valence-corrected chi connectivity index (χ3v) is 2.31. The van der Waals surface area contributed by atoms with E-state index in [0.29, 0.717) is 5.56 Å². The summed E-state index contributed by atoms with van der Waals surface area (Å²) in [6.45, 7) is -3.48. The summed E-state index contributed by atoms with van der Waals surface area (Å²) in [5, 5.41) is 10.9. The number of rotatable bonds is 7. The van der Waals surface area contributed by atoms with E-state index < -0.39 is 31.6 Å². The lowest BCUT2D eigenvalue weighted by Gasteiger charge is -2.11. The number of hydrogen-bond donors (Lipinski definition) is 2.